The van der Waals surface area contributed by atoms with Crippen molar-refractivity contribution in [1.82, 2.24) is 0 Å². The van der Waals surface area contributed by atoms with Crippen LogP contribution < -0.4 is 4.74 Å². The fourth-order valence-corrected chi connectivity index (χ4v) is 4.00. The van der Waals surface area contributed by atoms with Crippen LogP contribution in [0.4, 0.5) is 0 Å². The van der Waals surface area contributed by atoms with Crippen molar-refractivity contribution < 1.29 is 9.84 Å². The lowest BCUT2D eigenvalue weighted by Gasteiger charge is -2.18. The standard InChI is InChI=1S/C26H36O2/c1-2-3-4-5-6-7-8-9-12-22-15-17-23(18-16-22)28-21-26(19-20-26)24-13-10-11-14-25(24)27/h10-11,13-18,27H,2-9,12,19-21H2,1H3. The molecule has 1 aliphatic rings. The number of hydrogen-bond acceptors (Lipinski definition) is 2. The summed E-state index contributed by atoms with van der Waals surface area (Å²) < 4.78 is 6.08. The SMILES string of the molecule is CCCCCCCCCCc1ccc(OCC2(c3ccccc3O)CC2)cc1. The van der Waals surface area contributed by atoms with Crippen LogP contribution in [-0.4, -0.2) is 11.7 Å². The van der Waals surface area contributed by atoms with E-state index in [2.05, 4.69) is 31.2 Å². The van der Waals surface area contributed by atoms with Crippen LogP contribution >= 0.6 is 0 Å². The monoisotopic (exact) mass is 380 g/mol. The maximum Gasteiger partial charge on any atom is 0.119 e. The van der Waals surface area contributed by atoms with Gasteiger partial charge in [-0.2, -0.15) is 0 Å². The van der Waals surface area contributed by atoms with Crippen LogP contribution in [0.25, 0.3) is 0 Å². The van der Waals surface area contributed by atoms with E-state index in [1.165, 1.54) is 56.9 Å². The molecule has 2 heteroatoms. The van der Waals surface area contributed by atoms with Crippen molar-refractivity contribution in [2.24, 2.45) is 0 Å². The second-order valence-electron chi connectivity index (χ2n) is 8.45. The highest BCUT2D eigenvalue weighted by molar-refractivity contribution is 5.42. The quantitative estimate of drug-likeness (QED) is 0.373. The Morgan fingerprint density at radius 2 is 1.46 bits per heavy atom. The Bertz CT molecular complexity index is 701. The maximum atomic E-state index is 10.1. The Morgan fingerprint density at radius 1 is 0.821 bits per heavy atom. The van der Waals surface area contributed by atoms with Gasteiger partial charge in [-0.05, 0) is 49.4 Å². The first kappa shape index (κ1) is 20.8. The minimum atomic E-state index is 0.00113. The molecule has 1 saturated carbocycles. The summed E-state index contributed by atoms with van der Waals surface area (Å²) >= 11 is 0. The van der Waals surface area contributed by atoms with Gasteiger partial charge >= 0.3 is 0 Å². The number of benzene rings is 2. The Balaban J connectivity index is 1.36. The molecular weight excluding hydrogens is 344 g/mol. The molecule has 2 nitrogen and oxygen atoms in total. The Kier molecular flexibility index (Phi) is 7.82. The lowest BCUT2D eigenvalue weighted by atomic mass is 9.96. The summed E-state index contributed by atoms with van der Waals surface area (Å²) in [7, 11) is 0. The maximum absolute atomic E-state index is 10.1. The predicted octanol–water partition coefficient (Wildman–Crippen LogP) is 7.19. The molecule has 0 bridgehead atoms. The number of phenolic OH excluding ortho intramolecular Hbond substituents is 1. The minimum absolute atomic E-state index is 0.00113. The van der Waals surface area contributed by atoms with Crippen molar-refractivity contribution in [2.45, 2.75) is 83.0 Å². The molecule has 0 unspecified atom stereocenters. The van der Waals surface area contributed by atoms with Gasteiger partial charge < -0.3 is 9.84 Å². The lowest BCUT2D eigenvalue weighted by molar-refractivity contribution is 0.274. The van der Waals surface area contributed by atoms with Crippen molar-refractivity contribution >= 4 is 0 Å². The number of phenols is 1. The fourth-order valence-electron chi connectivity index (χ4n) is 4.00. The highest BCUT2D eigenvalue weighted by Crippen LogP contribution is 2.51. The van der Waals surface area contributed by atoms with Crippen molar-refractivity contribution in [2.75, 3.05) is 6.61 Å². The third-order valence-corrected chi connectivity index (χ3v) is 6.09. The van der Waals surface area contributed by atoms with Gasteiger partial charge in [0.2, 0.25) is 0 Å². The van der Waals surface area contributed by atoms with E-state index in [-0.39, 0.29) is 5.41 Å². The highest BCUT2D eigenvalue weighted by Gasteiger charge is 2.46. The molecule has 1 aliphatic carbocycles. The van der Waals surface area contributed by atoms with Gasteiger partial charge in [-0.15, -0.1) is 0 Å². The van der Waals surface area contributed by atoms with Crippen LogP contribution in [0.3, 0.4) is 0 Å². The summed E-state index contributed by atoms with van der Waals surface area (Å²) in [5.74, 6) is 1.32. The molecule has 1 N–H and O–H groups in total. The van der Waals surface area contributed by atoms with Crippen LogP contribution in [0.15, 0.2) is 48.5 Å². The van der Waals surface area contributed by atoms with Crippen molar-refractivity contribution in [1.29, 1.82) is 0 Å². The zero-order valence-electron chi connectivity index (χ0n) is 17.5. The van der Waals surface area contributed by atoms with E-state index in [9.17, 15) is 5.11 Å². The number of para-hydroxylation sites is 1. The summed E-state index contributed by atoms with van der Waals surface area (Å²) in [4.78, 5) is 0. The van der Waals surface area contributed by atoms with Crippen LogP contribution in [0, 0.1) is 0 Å². The van der Waals surface area contributed by atoms with Gasteiger partial charge in [0.25, 0.3) is 0 Å². The Morgan fingerprint density at radius 3 is 2.11 bits per heavy atom. The molecule has 1 fully saturated rings. The molecule has 152 valence electrons. The Labute approximate surface area is 170 Å². The molecule has 0 atom stereocenters. The third kappa shape index (κ3) is 6.02. The van der Waals surface area contributed by atoms with E-state index >= 15 is 0 Å². The fraction of sp³-hybridized carbons (Fsp3) is 0.538. The summed E-state index contributed by atoms with van der Waals surface area (Å²) in [6, 6.07) is 16.3. The predicted molar refractivity (Wildman–Crippen MR) is 117 cm³/mol. The molecule has 0 amide bonds. The molecule has 0 aromatic heterocycles. The van der Waals surface area contributed by atoms with Crippen LogP contribution in [0.1, 0.15) is 82.3 Å². The molecule has 0 aliphatic heterocycles. The first-order valence-corrected chi connectivity index (χ1v) is 11.2. The van der Waals surface area contributed by atoms with Crippen molar-refractivity contribution in [3.05, 3.63) is 59.7 Å². The molecule has 0 heterocycles. The summed E-state index contributed by atoms with van der Waals surface area (Å²) in [6.07, 6.45) is 14.3. The van der Waals surface area contributed by atoms with Gasteiger partial charge in [0.05, 0.1) is 6.61 Å². The van der Waals surface area contributed by atoms with Crippen molar-refractivity contribution in [3.63, 3.8) is 0 Å². The van der Waals surface area contributed by atoms with Gasteiger partial charge in [0.15, 0.2) is 0 Å². The van der Waals surface area contributed by atoms with Gasteiger partial charge in [-0.3, -0.25) is 0 Å². The highest BCUT2D eigenvalue weighted by atomic mass is 16.5. The molecule has 3 rings (SSSR count). The van der Waals surface area contributed by atoms with Crippen LogP contribution in [0.5, 0.6) is 11.5 Å². The van der Waals surface area contributed by atoms with Gasteiger partial charge in [0, 0.05) is 11.0 Å². The molecule has 28 heavy (non-hydrogen) atoms. The molecule has 2 aromatic rings. The van der Waals surface area contributed by atoms with E-state index in [0.717, 1.165) is 30.6 Å². The van der Waals surface area contributed by atoms with E-state index in [1.807, 2.05) is 18.2 Å². The lowest BCUT2D eigenvalue weighted by Crippen LogP contribution is -2.17. The number of aryl methyl sites for hydroxylation is 1. The van der Waals surface area contributed by atoms with Crippen LogP contribution in [-0.2, 0) is 11.8 Å². The van der Waals surface area contributed by atoms with Gasteiger partial charge in [-0.1, -0.05) is 82.2 Å². The molecule has 0 radical (unpaired) electrons. The minimum Gasteiger partial charge on any atom is -0.508 e. The number of ether oxygens (including phenoxy) is 1. The van der Waals surface area contributed by atoms with E-state index < -0.39 is 0 Å². The normalized spacial score (nSPS) is 14.8. The van der Waals surface area contributed by atoms with E-state index in [1.54, 1.807) is 6.07 Å². The first-order chi connectivity index (χ1) is 13.7. The summed E-state index contributed by atoms with van der Waals surface area (Å²) in [6.45, 7) is 2.91. The average molecular weight is 381 g/mol. The number of rotatable bonds is 13. The first-order valence-electron chi connectivity index (χ1n) is 11.2. The second-order valence-corrected chi connectivity index (χ2v) is 8.45. The average Bonchev–Trinajstić information content (AvgIpc) is 3.51. The van der Waals surface area contributed by atoms with Gasteiger partial charge in [0.1, 0.15) is 11.5 Å². The van der Waals surface area contributed by atoms with Gasteiger partial charge in [-0.25, -0.2) is 0 Å². The summed E-state index contributed by atoms with van der Waals surface area (Å²) in [5.41, 5.74) is 2.43. The Hall–Kier alpha value is -1.96. The molecule has 2 aromatic carbocycles. The second kappa shape index (κ2) is 10.5. The molecule has 0 spiro atoms. The topological polar surface area (TPSA) is 29.5 Å². The summed E-state index contributed by atoms with van der Waals surface area (Å²) in [5, 5.41) is 10.1. The number of unbranched alkanes of at least 4 members (excludes halogenated alkanes) is 7. The third-order valence-electron chi connectivity index (χ3n) is 6.09. The van der Waals surface area contributed by atoms with E-state index in [0.29, 0.717) is 12.4 Å². The van der Waals surface area contributed by atoms with Crippen LogP contribution in [0.2, 0.25) is 0 Å². The molecule has 0 saturated heterocycles. The largest absolute Gasteiger partial charge is 0.508 e. The van der Waals surface area contributed by atoms with Crippen molar-refractivity contribution in [3.8, 4) is 11.5 Å². The zero-order valence-corrected chi connectivity index (χ0v) is 17.5. The number of aromatic hydroxyl groups is 1. The van der Waals surface area contributed by atoms with E-state index in [4.69, 9.17) is 4.74 Å². The zero-order chi connectivity index (χ0) is 19.7. The smallest absolute Gasteiger partial charge is 0.119 e. The number of hydrogen-bond donors (Lipinski definition) is 1. The molecular formula is C26H36O2.